The van der Waals surface area contributed by atoms with Gasteiger partial charge >= 0.3 is 5.97 Å². The molecule has 0 aromatic heterocycles. The summed E-state index contributed by atoms with van der Waals surface area (Å²) in [6.45, 7) is 2.83. The first-order valence-corrected chi connectivity index (χ1v) is 8.66. The van der Waals surface area contributed by atoms with Gasteiger partial charge in [-0.05, 0) is 50.8 Å². The van der Waals surface area contributed by atoms with Crippen molar-refractivity contribution in [3.8, 4) is 5.75 Å². The number of halogens is 1. The van der Waals surface area contributed by atoms with E-state index in [1.165, 1.54) is 12.1 Å². The molecule has 3 N–H and O–H groups in total. The zero-order valence-electron chi connectivity index (χ0n) is 14.4. The molecule has 0 bridgehead atoms. The lowest BCUT2D eigenvalue weighted by Crippen LogP contribution is -2.30. The highest BCUT2D eigenvalue weighted by molar-refractivity contribution is 5.94. The third-order valence-corrected chi connectivity index (χ3v) is 4.21. The Morgan fingerprint density at radius 2 is 2.00 bits per heavy atom. The van der Waals surface area contributed by atoms with E-state index in [1.54, 1.807) is 6.92 Å². The molecule has 6 nitrogen and oxygen atoms in total. The fourth-order valence-corrected chi connectivity index (χ4v) is 2.88. The van der Waals surface area contributed by atoms with Crippen molar-refractivity contribution in [2.45, 2.75) is 38.7 Å². The molecule has 0 saturated heterocycles. The quantitative estimate of drug-likeness (QED) is 0.733. The molecule has 0 aliphatic heterocycles. The van der Waals surface area contributed by atoms with Crippen LogP contribution in [-0.2, 0) is 9.53 Å². The lowest BCUT2D eigenvalue weighted by Gasteiger charge is -2.27. The smallest absolute Gasteiger partial charge is 0.308 e. The minimum atomic E-state index is -0.576. The normalized spacial score (nSPS) is 20.0. The molecule has 1 aromatic rings. The first-order valence-electron chi connectivity index (χ1n) is 8.66. The van der Waals surface area contributed by atoms with E-state index in [1.807, 2.05) is 0 Å². The van der Waals surface area contributed by atoms with Gasteiger partial charge in [0.05, 0.1) is 18.6 Å². The predicted octanol–water partition coefficient (Wildman–Crippen LogP) is 2.01. The molecule has 0 heterocycles. The fourth-order valence-electron chi connectivity index (χ4n) is 2.88. The van der Waals surface area contributed by atoms with Gasteiger partial charge in [0.2, 0.25) is 0 Å². The van der Waals surface area contributed by atoms with Crippen molar-refractivity contribution in [3.63, 3.8) is 0 Å². The summed E-state index contributed by atoms with van der Waals surface area (Å²) in [5.41, 5.74) is 5.55. The van der Waals surface area contributed by atoms with Crippen molar-refractivity contribution in [2.75, 3.05) is 19.7 Å². The van der Waals surface area contributed by atoms with Gasteiger partial charge in [-0.1, -0.05) is 0 Å². The van der Waals surface area contributed by atoms with Crippen LogP contribution < -0.4 is 15.8 Å². The molecule has 1 aliphatic carbocycles. The third kappa shape index (κ3) is 5.42. The molecule has 138 valence electrons. The van der Waals surface area contributed by atoms with Crippen LogP contribution in [0.25, 0.3) is 0 Å². The molecule has 1 amide bonds. The number of carbonyl (C=O) groups is 2. The van der Waals surface area contributed by atoms with Gasteiger partial charge in [-0.15, -0.1) is 0 Å². The second kappa shape index (κ2) is 9.36. The van der Waals surface area contributed by atoms with Gasteiger partial charge in [-0.2, -0.15) is 0 Å². The van der Waals surface area contributed by atoms with Gasteiger partial charge in [0.15, 0.2) is 11.6 Å². The van der Waals surface area contributed by atoms with Crippen molar-refractivity contribution < 1.29 is 23.5 Å². The second-order valence-corrected chi connectivity index (χ2v) is 6.03. The Hall–Kier alpha value is -2.15. The van der Waals surface area contributed by atoms with Gasteiger partial charge < -0.3 is 20.5 Å². The van der Waals surface area contributed by atoms with Crippen LogP contribution in [0.15, 0.2) is 18.2 Å². The zero-order valence-corrected chi connectivity index (χ0v) is 14.4. The summed E-state index contributed by atoms with van der Waals surface area (Å²) < 4.78 is 24.9. The highest BCUT2D eigenvalue weighted by Crippen LogP contribution is 2.29. The van der Waals surface area contributed by atoms with E-state index < -0.39 is 5.82 Å². The number of esters is 1. The van der Waals surface area contributed by atoms with Crippen LogP contribution in [-0.4, -0.2) is 37.7 Å². The molecule has 7 heteroatoms. The second-order valence-electron chi connectivity index (χ2n) is 6.03. The highest BCUT2D eigenvalue weighted by Gasteiger charge is 2.28. The summed E-state index contributed by atoms with van der Waals surface area (Å²) in [5, 5.41) is 2.59. The molecule has 1 fully saturated rings. The summed E-state index contributed by atoms with van der Waals surface area (Å²) in [4.78, 5) is 23.5. The maximum Gasteiger partial charge on any atom is 0.308 e. The SMILES string of the molecule is CCOC(=O)[C@H]1CC[C@@H](Oc2ccc(C(=O)NCCN)cc2F)CC1. The first-order chi connectivity index (χ1) is 12.0. The van der Waals surface area contributed by atoms with Gasteiger partial charge in [0, 0.05) is 18.7 Å². The van der Waals surface area contributed by atoms with Crippen LogP contribution >= 0.6 is 0 Å². The van der Waals surface area contributed by atoms with Crippen LogP contribution in [0.1, 0.15) is 43.0 Å². The van der Waals surface area contributed by atoms with Crippen LogP contribution in [0.5, 0.6) is 5.75 Å². The minimum absolute atomic E-state index is 0.0988. The van der Waals surface area contributed by atoms with Gasteiger partial charge in [0.25, 0.3) is 5.91 Å². The number of carbonyl (C=O) groups excluding carboxylic acids is 2. The van der Waals surface area contributed by atoms with E-state index in [4.69, 9.17) is 15.2 Å². The number of amides is 1. The summed E-state index contributed by atoms with van der Waals surface area (Å²) in [5.74, 6) is -1.09. The maximum absolute atomic E-state index is 14.2. The lowest BCUT2D eigenvalue weighted by atomic mass is 9.87. The molecule has 0 atom stereocenters. The van der Waals surface area contributed by atoms with Crippen molar-refractivity contribution in [1.29, 1.82) is 0 Å². The third-order valence-electron chi connectivity index (χ3n) is 4.21. The Morgan fingerprint density at radius 1 is 1.28 bits per heavy atom. The highest BCUT2D eigenvalue weighted by atomic mass is 19.1. The Balaban J connectivity index is 1.89. The Kier molecular flexibility index (Phi) is 7.18. The van der Waals surface area contributed by atoms with Gasteiger partial charge in [-0.3, -0.25) is 9.59 Å². The van der Waals surface area contributed by atoms with Crippen LogP contribution in [0.3, 0.4) is 0 Å². The van der Waals surface area contributed by atoms with Crippen LogP contribution in [0.2, 0.25) is 0 Å². The fraction of sp³-hybridized carbons (Fsp3) is 0.556. The summed E-state index contributed by atoms with van der Waals surface area (Å²) in [6.07, 6.45) is 2.54. The number of rotatable bonds is 7. The molecule has 1 saturated carbocycles. The number of hydrogen-bond acceptors (Lipinski definition) is 5. The molecule has 0 unspecified atom stereocenters. The molecular weight excluding hydrogens is 327 g/mol. The zero-order chi connectivity index (χ0) is 18.2. The average molecular weight is 352 g/mol. The van der Waals surface area contributed by atoms with E-state index in [0.717, 1.165) is 6.07 Å². The number of hydrogen-bond donors (Lipinski definition) is 2. The average Bonchev–Trinajstić information content (AvgIpc) is 2.62. The van der Waals surface area contributed by atoms with Gasteiger partial charge in [-0.25, -0.2) is 4.39 Å². The van der Waals surface area contributed by atoms with Crippen molar-refractivity contribution in [1.82, 2.24) is 5.32 Å². The van der Waals surface area contributed by atoms with Crippen LogP contribution in [0.4, 0.5) is 4.39 Å². The Bertz CT molecular complexity index is 601. The number of nitrogens with one attached hydrogen (secondary N) is 1. The molecular formula is C18H25FN2O4. The first kappa shape index (κ1) is 19.2. The minimum Gasteiger partial charge on any atom is -0.487 e. The standard InChI is InChI=1S/C18H25FN2O4/c1-2-24-18(23)12-3-6-14(7-4-12)25-16-8-5-13(11-15(16)19)17(22)21-10-9-20/h5,8,11-12,14H,2-4,6-7,9-10,20H2,1H3,(H,21,22)/t12-,14+. The molecule has 25 heavy (non-hydrogen) atoms. The molecule has 1 aliphatic rings. The molecule has 0 spiro atoms. The largest absolute Gasteiger partial charge is 0.487 e. The van der Waals surface area contributed by atoms with Crippen molar-refractivity contribution in [3.05, 3.63) is 29.6 Å². The maximum atomic E-state index is 14.2. The van der Waals surface area contributed by atoms with E-state index in [0.29, 0.717) is 45.4 Å². The molecule has 1 aromatic carbocycles. The van der Waals surface area contributed by atoms with E-state index >= 15 is 0 Å². The number of benzene rings is 1. The van der Waals surface area contributed by atoms with Gasteiger partial charge in [0.1, 0.15) is 0 Å². The molecule has 2 rings (SSSR count). The predicted molar refractivity (Wildman–Crippen MR) is 90.8 cm³/mol. The Labute approximate surface area is 146 Å². The monoisotopic (exact) mass is 352 g/mol. The Morgan fingerprint density at radius 3 is 2.60 bits per heavy atom. The van der Waals surface area contributed by atoms with Crippen molar-refractivity contribution >= 4 is 11.9 Å². The summed E-state index contributed by atoms with van der Waals surface area (Å²) in [6, 6.07) is 4.14. The number of nitrogens with two attached hydrogens (primary N) is 1. The van der Waals surface area contributed by atoms with Crippen LogP contribution in [0, 0.1) is 11.7 Å². The number of ether oxygens (including phenoxy) is 2. The lowest BCUT2D eigenvalue weighted by molar-refractivity contribution is -0.149. The summed E-state index contributed by atoms with van der Waals surface area (Å²) in [7, 11) is 0. The van der Waals surface area contributed by atoms with E-state index in [-0.39, 0.29) is 35.2 Å². The van der Waals surface area contributed by atoms with Crippen molar-refractivity contribution in [2.24, 2.45) is 11.7 Å². The topological polar surface area (TPSA) is 90.6 Å². The molecule has 0 radical (unpaired) electrons. The summed E-state index contributed by atoms with van der Waals surface area (Å²) >= 11 is 0. The van der Waals surface area contributed by atoms with E-state index in [9.17, 15) is 14.0 Å². The van der Waals surface area contributed by atoms with E-state index in [2.05, 4.69) is 5.32 Å².